The summed E-state index contributed by atoms with van der Waals surface area (Å²) in [6.45, 7) is 1.75. The number of rotatable bonds is 6. The average molecular weight is 422 g/mol. The highest BCUT2D eigenvalue weighted by molar-refractivity contribution is 7.89. The van der Waals surface area contributed by atoms with Crippen molar-refractivity contribution in [2.75, 3.05) is 7.11 Å². The molecule has 1 aromatic heterocycles. The van der Waals surface area contributed by atoms with Crippen molar-refractivity contribution in [3.8, 4) is 11.4 Å². The Morgan fingerprint density at radius 2 is 1.93 bits per heavy atom. The van der Waals surface area contributed by atoms with Gasteiger partial charge in [-0.3, -0.25) is 0 Å². The molecule has 28 heavy (non-hydrogen) atoms. The van der Waals surface area contributed by atoms with E-state index in [1.807, 2.05) is 31.2 Å². The van der Waals surface area contributed by atoms with Crippen molar-refractivity contribution < 1.29 is 22.5 Å². The van der Waals surface area contributed by atoms with Crippen molar-refractivity contribution >= 4 is 27.6 Å². The summed E-state index contributed by atoms with van der Waals surface area (Å²) in [5, 5.41) is 3.94. The number of benzene rings is 2. The maximum Gasteiger partial charge on any atom is 0.339 e. The second-order valence-corrected chi connectivity index (χ2v) is 8.01. The lowest BCUT2D eigenvalue weighted by atomic mass is 10.1. The number of nitrogens with one attached hydrogen (secondary N) is 1. The van der Waals surface area contributed by atoms with Crippen LogP contribution in [0.25, 0.3) is 11.4 Å². The van der Waals surface area contributed by atoms with Crippen LogP contribution in [0.3, 0.4) is 0 Å². The number of carbonyl (C=O) groups excluding carboxylic acids is 1. The maximum absolute atomic E-state index is 12.5. The lowest BCUT2D eigenvalue weighted by Gasteiger charge is -2.07. The van der Waals surface area contributed by atoms with Gasteiger partial charge in [0.15, 0.2) is 0 Å². The molecule has 0 bridgehead atoms. The third-order valence-electron chi connectivity index (χ3n) is 3.84. The van der Waals surface area contributed by atoms with E-state index in [-0.39, 0.29) is 27.9 Å². The van der Waals surface area contributed by atoms with E-state index in [1.165, 1.54) is 19.2 Å². The van der Waals surface area contributed by atoms with Gasteiger partial charge in [-0.25, -0.2) is 17.9 Å². The molecule has 1 N–H and O–H groups in total. The predicted octanol–water partition coefficient (Wildman–Crippen LogP) is 2.96. The number of methoxy groups -OCH3 is 1. The molecule has 2 aromatic carbocycles. The highest BCUT2D eigenvalue weighted by Gasteiger charge is 2.20. The van der Waals surface area contributed by atoms with Crippen LogP contribution in [0.4, 0.5) is 0 Å². The molecule has 0 aliphatic heterocycles. The fraction of sp³-hybridized carbons (Fsp3) is 0.167. The first-order valence-electron chi connectivity index (χ1n) is 8.07. The Labute approximate surface area is 166 Å². The second kappa shape index (κ2) is 8.09. The quantitative estimate of drug-likeness (QED) is 0.609. The summed E-state index contributed by atoms with van der Waals surface area (Å²) in [5.41, 5.74) is 1.80. The van der Waals surface area contributed by atoms with E-state index in [9.17, 15) is 13.2 Å². The van der Waals surface area contributed by atoms with Gasteiger partial charge in [0.05, 0.1) is 29.1 Å². The number of hydrogen-bond donors (Lipinski definition) is 1. The number of aryl methyl sites for hydroxylation is 1. The second-order valence-electron chi connectivity index (χ2n) is 5.84. The molecule has 0 amide bonds. The van der Waals surface area contributed by atoms with Crippen molar-refractivity contribution in [2.45, 2.75) is 18.4 Å². The molecular formula is C18H16ClN3O5S. The molecule has 0 unspecified atom stereocenters. The van der Waals surface area contributed by atoms with Crippen molar-refractivity contribution in [1.29, 1.82) is 0 Å². The molecule has 1 heterocycles. The van der Waals surface area contributed by atoms with Crippen molar-refractivity contribution in [1.82, 2.24) is 14.9 Å². The molecule has 10 heteroatoms. The first-order chi connectivity index (χ1) is 13.3. The number of hydrogen-bond acceptors (Lipinski definition) is 7. The zero-order valence-electron chi connectivity index (χ0n) is 15.0. The topological polar surface area (TPSA) is 111 Å². The zero-order valence-corrected chi connectivity index (χ0v) is 16.5. The van der Waals surface area contributed by atoms with Crippen LogP contribution in [-0.4, -0.2) is 31.6 Å². The van der Waals surface area contributed by atoms with Crippen LogP contribution in [0, 0.1) is 6.92 Å². The summed E-state index contributed by atoms with van der Waals surface area (Å²) in [4.78, 5) is 15.7. The molecule has 0 aliphatic carbocycles. The SMILES string of the molecule is COC(=O)c1cc(S(=O)(=O)NCc2nc(-c3ccc(C)cc3)no2)ccc1Cl. The van der Waals surface area contributed by atoms with Crippen molar-refractivity contribution in [3.05, 3.63) is 64.5 Å². The smallest absolute Gasteiger partial charge is 0.339 e. The number of esters is 1. The molecule has 0 fully saturated rings. The molecule has 0 saturated heterocycles. The van der Waals surface area contributed by atoms with E-state index >= 15 is 0 Å². The number of nitrogens with zero attached hydrogens (tertiary/aromatic N) is 2. The van der Waals surface area contributed by atoms with E-state index in [0.717, 1.165) is 17.2 Å². The van der Waals surface area contributed by atoms with Gasteiger partial charge < -0.3 is 9.26 Å². The summed E-state index contributed by atoms with van der Waals surface area (Å²) in [5.74, 6) is -0.281. The molecule has 0 radical (unpaired) electrons. The third-order valence-corrected chi connectivity index (χ3v) is 5.57. The van der Waals surface area contributed by atoms with Crippen LogP contribution in [0.1, 0.15) is 21.8 Å². The van der Waals surface area contributed by atoms with E-state index < -0.39 is 16.0 Å². The molecule has 3 rings (SSSR count). The van der Waals surface area contributed by atoms with Crippen molar-refractivity contribution in [2.24, 2.45) is 0 Å². The standard InChI is InChI=1S/C18H16ClN3O5S/c1-11-3-5-12(6-4-11)17-21-16(27-22-17)10-20-28(24,25)13-7-8-15(19)14(9-13)18(23)26-2/h3-9,20H,10H2,1-2H3. The van der Waals surface area contributed by atoms with E-state index in [4.69, 9.17) is 16.1 Å². The van der Waals surface area contributed by atoms with Crippen LogP contribution >= 0.6 is 11.6 Å². The summed E-state index contributed by atoms with van der Waals surface area (Å²) in [6.07, 6.45) is 0. The normalized spacial score (nSPS) is 11.4. The fourth-order valence-corrected chi connectivity index (χ4v) is 3.52. The van der Waals surface area contributed by atoms with Crippen LogP contribution < -0.4 is 4.72 Å². The van der Waals surface area contributed by atoms with Gasteiger partial charge in [0, 0.05) is 5.56 Å². The number of aromatic nitrogens is 2. The Bertz CT molecular complexity index is 1110. The number of ether oxygens (including phenoxy) is 1. The van der Waals surface area contributed by atoms with Gasteiger partial charge in [0.2, 0.25) is 21.7 Å². The van der Waals surface area contributed by atoms with Crippen LogP contribution in [0.2, 0.25) is 5.02 Å². The maximum atomic E-state index is 12.5. The monoisotopic (exact) mass is 421 g/mol. The minimum Gasteiger partial charge on any atom is -0.465 e. The van der Waals surface area contributed by atoms with Gasteiger partial charge in [0.25, 0.3) is 0 Å². The van der Waals surface area contributed by atoms with Gasteiger partial charge in [-0.15, -0.1) is 0 Å². The summed E-state index contributed by atoms with van der Waals surface area (Å²) in [7, 11) is -2.76. The molecule has 0 atom stereocenters. The first kappa shape index (κ1) is 20.0. The Morgan fingerprint density at radius 1 is 1.21 bits per heavy atom. The molecule has 3 aromatic rings. The van der Waals surface area contributed by atoms with Gasteiger partial charge in [-0.2, -0.15) is 4.98 Å². The average Bonchev–Trinajstić information content (AvgIpc) is 3.16. The summed E-state index contributed by atoms with van der Waals surface area (Å²) in [6, 6.07) is 11.2. The first-order valence-corrected chi connectivity index (χ1v) is 9.93. The van der Waals surface area contributed by atoms with E-state index in [2.05, 4.69) is 19.6 Å². The summed E-state index contributed by atoms with van der Waals surface area (Å²) < 4.78 is 37.0. The Hall–Kier alpha value is -2.75. The number of carbonyl (C=O) groups is 1. The van der Waals surface area contributed by atoms with E-state index in [0.29, 0.717) is 5.82 Å². The Balaban J connectivity index is 1.75. The van der Waals surface area contributed by atoms with Crippen LogP contribution in [0.5, 0.6) is 0 Å². The third kappa shape index (κ3) is 4.38. The lowest BCUT2D eigenvalue weighted by molar-refractivity contribution is 0.0600. The zero-order chi connectivity index (χ0) is 20.3. The highest BCUT2D eigenvalue weighted by Crippen LogP contribution is 2.22. The van der Waals surface area contributed by atoms with Gasteiger partial charge in [0.1, 0.15) is 0 Å². The highest BCUT2D eigenvalue weighted by atomic mass is 35.5. The molecule has 0 aliphatic rings. The largest absolute Gasteiger partial charge is 0.465 e. The van der Waals surface area contributed by atoms with Gasteiger partial charge in [-0.05, 0) is 25.1 Å². The van der Waals surface area contributed by atoms with Gasteiger partial charge in [-0.1, -0.05) is 46.6 Å². The Morgan fingerprint density at radius 3 is 2.61 bits per heavy atom. The van der Waals surface area contributed by atoms with Crippen molar-refractivity contribution in [3.63, 3.8) is 0 Å². The Kier molecular flexibility index (Phi) is 5.78. The number of halogens is 1. The minimum atomic E-state index is -3.94. The summed E-state index contributed by atoms with van der Waals surface area (Å²) >= 11 is 5.91. The molecule has 0 spiro atoms. The number of sulfonamides is 1. The minimum absolute atomic E-state index is 0.0495. The van der Waals surface area contributed by atoms with Crippen LogP contribution in [0.15, 0.2) is 51.9 Å². The van der Waals surface area contributed by atoms with E-state index in [1.54, 1.807) is 0 Å². The molecule has 8 nitrogen and oxygen atoms in total. The lowest BCUT2D eigenvalue weighted by Crippen LogP contribution is -2.23. The van der Waals surface area contributed by atoms with Crippen LogP contribution in [-0.2, 0) is 21.3 Å². The predicted molar refractivity (Wildman–Crippen MR) is 101 cm³/mol. The molecular weight excluding hydrogens is 406 g/mol. The molecule has 0 saturated carbocycles. The fourth-order valence-electron chi connectivity index (χ4n) is 2.32. The van der Waals surface area contributed by atoms with Gasteiger partial charge >= 0.3 is 5.97 Å². The molecule has 146 valence electrons.